The Labute approximate surface area is 80.6 Å². The van der Waals surface area contributed by atoms with Crippen LogP contribution in [0.15, 0.2) is 0 Å². The average Bonchev–Trinajstić information content (AvgIpc) is 2.95. The van der Waals surface area contributed by atoms with E-state index in [-0.39, 0.29) is 5.60 Å². The quantitative estimate of drug-likeness (QED) is 0.467. The Hall–Kier alpha value is -0.0800. The highest BCUT2D eigenvalue weighted by atomic mass is 16.6. The third-order valence-electron chi connectivity index (χ3n) is 3.46. The molecule has 2 heteroatoms. The van der Waals surface area contributed by atoms with E-state index < -0.39 is 0 Å². The summed E-state index contributed by atoms with van der Waals surface area (Å²) >= 11 is 0. The summed E-state index contributed by atoms with van der Waals surface area (Å²) in [6.07, 6.45) is 5.85. The summed E-state index contributed by atoms with van der Waals surface area (Å²) in [6.45, 7) is 6.51. The summed E-state index contributed by atoms with van der Waals surface area (Å²) in [7, 11) is 0. The second-order valence-corrected chi connectivity index (χ2v) is 4.74. The average molecular weight is 184 g/mol. The summed E-state index contributed by atoms with van der Waals surface area (Å²) in [4.78, 5) is 0. The van der Waals surface area contributed by atoms with Gasteiger partial charge in [0.05, 0.1) is 24.9 Å². The minimum Gasteiger partial charge on any atom is -0.373 e. The molecule has 13 heavy (non-hydrogen) atoms. The zero-order valence-corrected chi connectivity index (χ0v) is 8.71. The summed E-state index contributed by atoms with van der Waals surface area (Å²) in [5.74, 6) is 0.729. The highest BCUT2D eigenvalue weighted by molar-refractivity contribution is 4.91. The van der Waals surface area contributed by atoms with Crippen LogP contribution < -0.4 is 0 Å². The lowest BCUT2D eigenvalue weighted by atomic mass is 9.91. The van der Waals surface area contributed by atoms with Gasteiger partial charge in [0.2, 0.25) is 0 Å². The zero-order chi connectivity index (χ0) is 9.31. The number of ether oxygens (including phenoxy) is 2. The maximum absolute atomic E-state index is 5.42. The van der Waals surface area contributed by atoms with Gasteiger partial charge in [-0.25, -0.2) is 0 Å². The molecule has 2 heterocycles. The highest BCUT2D eigenvalue weighted by Gasteiger charge is 2.43. The van der Waals surface area contributed by atoms with E-state index in [1.807, 2.05) is 0 Å². The Bertz CT molecular complexity index is 171. The summed E-state index contributed by atoms with van der Waals surface area (Å²) < 4.78 is 10.6. The lowest BCUT2D eigenvalue weighted by Gasteiger charge is -2.14. The number of hydrogen-bond acceptors (Lipinski definition) is 2. The molecule has 2 aliphatic heterocycles. The maximum atomic E-state index is 5.42. The molecule has 0 amide bonds. The van der Waals surface area contributed by atoms with Gasteiger partial charge in [-0.1, -0.05) is 19.8 Å². The number of hydrogen-bond donors (Lipinski definition) is 0. The summed E-state index contributed by atoms with van der Waals surface area (Å²) in [5, 5.41) is 0. The fourth-order valence-corrected chi connectivity index (χ4v) is 1.76. The van der Waals surface area contributed by atoms with E-state index in [9.17, 15) is 0 Å². The van der Waals surface area contributed by atoms with E-state index in [1.165, 1.54) is 25.7 Å². The first-order valence-corrected chi connectivity index (χ1v) is 5.46. The molecule has 0 aromatic heterocycles. The topological polar surface area (TPSA) is 25.1 Å². The van der Waals surface area contributed by atoms with Crippen molar-refractivity contribution in [3.8, 4) is 0 Å². The lowest BCUT2D eigenvalue weighted by Crippen LogP contribution is -2.16. The van der Waals surface area contributed by atoms with Crippen LogP contribution in [0.4, 0.5) is 0 Å². The lowest BCUT2D eigenvalue weighted by molar-refractivity contribution is 0.233. The van der Waals surface area contributed by atoms with Crippen LogP contribution in [0, 0.1) is 5.92 Å². The molecule has 3 atom stereocenters. The molecule has 0 aromatic rings. The van der Waals surface area contributed by atoms with Crippen LogP contribution in [0.25, 0.3) is 0 Å². The van der Waals surface area contributed by atoms with Crippen LogP contribution in [-0.4, -0.2) is 24.9 Å². The van der Waals surface area contributed by atoms with E-state index in [1.54, 1.807) is 0 Å². The number of epoxide rings is 2. The number of unbranched alkanes of at least 4 members (excludes halogenated alkanes) is 1. The van der Waals surface area contributed by atoms with Crippen molar-refractivity contribution in [1.82, 2.24) is 0 Å². The third-order valence-corrected chi connectivity index (χ3v) is 3.46. The predicted octanol–water partition coefficient (Wildman–Crippen LogP) is 2.37. The van der Waals surface area contributed by atoms with Crippen molar-refractivity contribution in [2.24, 2.45) is 5.92 Å². The molecule has 0 aromatic carbocycles. The fraction of sp³-hybridized carbons (Fsp3) is 1.00. The molecule has 0 aliphatic carbocycles. The third kappa shape index (κ3) is 2.68. The van der Waals surface area contributed by atoms with Crippen molar-refractivity contribution in [2.45, 2.75) is 51.2 Å². The van der Waals surface area contributed by atoms with E-state index in [0.717, 1.165) is 19.1 Å². The largest absolute Gasteiger partial charge is 0.373 e. The molecule has 2 aliphatic rings. The molecule has 0 bridgehead atoms. The molecule has 76 valence electrons. The Morgan fingerprint density at radius 1 is 1.46 bits per heavy atom. The summed E-state index contributed by atoms with van der Waals surface area (Å²) in [6, 6.07) is 0. The molecule has 0 spiro atoms. The van der Waals surface area contributed by atoms with Gasteiger partial charge in [0, 0.05) is 0 Å². The molecule has 2 rings (SSSR count). The molecular formula is C11H20O2. The first-order valence-electron chi connectivity index (χ1n) is 5.46. The molecule has 2 fully saturated rings. The minimum atomic E-state index is 0.232. The minimum absolute atomic E-state index is 0.232. The van der Waals surface area contributed by atoms with Gasteiger partial charge in [0.25, 0.3) is 0 Å². The van der Waals surface area contributed by atoms with Gasteiger partial charge in [0.1, 0.15) is 0 Å². The Morgan fingerprint density at radius 2 is 2.15 bits per heavy atom. The van der Waals surface area contributed by atoms with Gasteiger partial charge in [-0.05, 0) is 25.7 Å². The molecule has 2 saturated heterocycles. The highest BCUT2D eigenvalue weighted by Crippen LogP contribution is 2.37. The first-order chi connectivity index (χ1) is 6.21. The Kier molecular flexibility index (Phi) is 2.61. The predicted molar refractivity (Wildman–Crippen MR) is 51.7 cm³/mol. The normalized spacial score (nSPS) is 38.8. The maximum Gasteiger partial charge on any atom is 0.0913 e. The van der Waals surface area contributed by atoms with Crippen molar-refractivity contribution in [1.29, 1.82) is 0 Å². The fourth-order valence-electron chi connectivity index (χ4n) is 1.76. The van der Waals surface area contributed by atoms with Gasteiger partial charge in [0.15, 0.2) is 0 Å². The van der Waals surface area contributed by atoms with Gasteiger partial charge in [-0.3, -0.25) is 0 Å². The summed E-state index contributed by atoms with van der Waals surface area (Å²) in [5.41, 5.74) is 0.232. The van der Waals surface area contributed by atoms with Gasteiger partial charge in [-0.15, -0.1) is 0 Å². The SMILES string of the molecule is CC(CCCCC1CO1)C1(C)CO1. The van der Waals surface area contributed by atoms with Crippen molar-refractivity contribution in [3.05, 3.63) is 0 Å². The van der Waals surface area contributed by atoms with Gasteiger partial charge >= 0.3 is 0 Å². The van der Waals surface area contributed by atoms with Crippen LogP contribution in [0.1, 0.15) is 39.5 Å². The van der Waals surface area contributed by atoms with E-state index >= 15 is 0 Å². The molecule has 2 nitrogen and oxygen atoms in total. The van der Waals surface area contributed by atoms with Crippen molar-refractivity contribution in [3.63, 3.8) is 0 Å². The van der Waals surface area contributed by atoms with Crippen LogP contribution in [0.5, 0.6) is 0 Å². The zero-order valence-electron chi connectivity index (χ0n) is 8.71. The molecule has 0 saturated carbocycles. The molecular weight excluding hydrogens is 164 g/mol. The first kappa shape index (κ1) is 9.47. The Morgan fingerprint density at radius 3 is 2.69 bits per heavy atom. The molecule has 0 N–H and O–H groups in total. The van der Waals surface area contributed by atoms with Gasteiger partial charge in [-0.2, -0.15) is 0 Å². The smallest absolute Gasteiger partial charge is 0.0913 e. The van der Waals surface area contributed by atoms with Crippen LogP contribution >= 0.6 is 0 Å². The van der Waals surface area contributed by atoms with E-state index in [2.05, 4.69) is 13.8 Å². The molecule has 0 radical (unpaired) electrons. The monoisotopic (exact) mass is 184 g/mol. The van der Waals surface area contributed by atoms with E-state index in [4.69, 9.17) is 9.47 Å². The van der Waals surface area contributed by atoms with Crippen LogP contribution in [-0.2, 0) is 9.47 Å². The van der Waals surface area contributed by atoms with Crippen molar-refractivity contribution in [2.75, 3.05) is 13.2 Å². The number of rotatable bonds is 6. The standard InChI is InChI=1S/C11H20O2/c1-9(11(2)8-13-11)5-3-4-6-10-7-12-10/h9-10H,3-8H2,1-2H3. The van der Waals surface area contributed by atoms with Crippen molar-refractivity contribution >= 4 is 0 Å². The Balaban J connectivity index is 1.51. The second-order valence-electron chi connectivity index (χ2n) is 4.74. The van der Waals surface area contributed by atoms with Crippen molar-refractivity contribution < 1.29 is 9.47 Å². The van der Waals surface area contributed by atoms with Gasteiger partial charge < -0.3 is 9.47 Å². The molecule has 3 unspecified atom stereocenters. The van der Waals surface area contributed by atoms with Crippen LogP contribution in [0.3, 0.4) is 0 Å². The van der Waals surface area contributed by atoms with Crippen LogP contribution in [0.2, 0.25) is 0 Å². The van der Waals surface area contributed by atoms with E-state index in [0.29, 0.717) is 6.10 Å². The second kappa shape index (κ2) is 3.58.